The molecule has 0 saturated carbocycles. The predicted octanol–water partition coefficient (Wildman–Crippen LogP) is 5.44. The van der Waals surface area contributed by atoms with Crippen LogP contribution in [0, 0.1) is 17.1 Å². The van der Waals surface area contributed by atoms with E-state index in [1.165, 1.54) is 29.0 Å². The highest BCUT2D eigenvalue weighted by atomic mass is 19.1. The maximum Gasteiger partial charge on any atom is 0.257 e. The molecule has 41 heavy (non-hydrogen) atoms. The summed E-state index contributed by atoms with van der Waals surface area (Å²) in [4.78, 5) is 26.8. The molecule has 1 saturated heterocycles. The van der Waals surface area contributed by atoms with Gasteiger partial charge in [0.25, 0.3) is 5.56 Å². The SMILES string of the molecule is CC(C)CC(=N)OC(C)n1c(N(C)C2CCN(c3nc4ccccc4n3Cc3ccc(F)cc3)CC2)nccc1=O. The number of rotatable bonds is 9. The molecular formula is C31H38FN7O2. The zero-order chi connectivity index (χ0) is 29.1. The van der Waals surface area contributed by atoms with Gasteiger partial charge >= 0.3 is 0 Å². The van der Waals surface area contributed by atoms with Gasteiger partial charge in [0.1, 0.15) is 5.82 Å². The Kier molecular flexibility index (Phi) is 8.37. The fourth-order valence-corrected chi connectivity index (χ4v) is 5.54. The van der Waals surface area contributed by atoms with E-state index in [2.05, 4.69) is 25.4 Å². The number of piperidine rings is 1. The number of ether oxygens (including phenoxy) is 1. The van der Waals surface area contributed by atoms with Gasteiger partial charge in [-0.3, -0.25) is 10.2 Å². The number of benzene rings is 2. The lowest BCUT2D eigenvalue weighted by atomic mass is 10.0. The van der Waals surface area contributed by atoms with Gasteiger partial charge in [-0.15, -0.1) is 0 Å². The van der Waals surface area contributed by atoms with Gasteiger partial charge in [-0.2, -0.15) is 0 Å². The minimum absolute atomic E-state index is 0.157. The summed E-state index contributed by atoms with van der Waals surface area (Å²) < 4.78 is 23.1. The zero-order valence-corrected chi connectivity index (χ0v) is 24.1. The van der Waals surface area contributed by atoms with Crippen LogP contribution < -0.4 is 15.4 Å². The fourth-order valence-electron chi connectivity index (χ4n) is 5.54. The monoisotopic (exact) mass is 559 g/mol. The average molecular weight is 560 g/mol. The quantitative estimate of drug-likeness (QED) is 0.217. The molecule has 0 aliphatic carbocycles. The number of nitrogens with zero attached hydrogens (tertiary/aromatic N) is 6. The van der Waals surface area contributed by atoms with E-state index in [0.29, 0.717) is 18.9 Å². The van der Waals surface area contributed by atoms with Crippen molar-refractivity contribution >= 4 is 28.8 Å². The number of para-hydroxylation sites is 2. The predicted molar refractivity (Wildman–Crippen MR) is 160 cm³/mol. The summed E-state index contributed by atoms with van der Waals surface area (Å²) in [7, 11) is 1.97. The Morgan fingerprint density at radius 2 is 1.80 bits per heavy atom. The van der Waals surface area contributed by atoms with Gasteiger partial charge in [0.15, 0.2) is 12.1 Å². The standard InChI is InChI=1S/C31H38FN7O2/c1-21(2)19-28(33)41-22(3)39-29(40)13-16-34-30(39)36(4)25-14-17-37(18-15-25)31-35-26-7-5-6-8-27(26)38(31)20-23-9-11-24(32)12-10-23/h5-13,16,21-22,25,33H,14-15,17-20H2,1-4H3. The molecule has 1 N–H and O–H groups in total. The molecule has 1 unspecified atom stereocenters. The summed E-state index contributed by atoms with van der Waals surface area (Å²) in [5, 5.41) is 8.18. The molecule has 1 aliphatic heterocycles. The smallest absolute Gasteiger partial charge is 0.257 e. The first kappa shape index (κ1) is 28.3. The Morgan fingerprint density at radius 1 is 1.10 bits per heavy atom. The van der Waals surface area contributed by atoms with Crippen LogP contribution in [0.3, 0.4) is 0 Å². The summed E-state index contributed by atoms with van der Waals surface area (Å²) in [6, 6.07) is 16.3. The summed E-state index contributed by atoms with van der Waals surface area (Å²) >= 11 is 0. The van der Waals surface area contributed by atoms with E-state index < -0.39 is 6.23 Å². The lowest BCUT2D eigenvalue weighted by Crippen LogP contribution is -2.46. The molecular weight excluding hydrogens is 521 g/mol. The lowest BCUT2D eigenvalue weighted by molar-refractivity contribution is 0.126. The normalized spacial score (nSPS) is 14.9. The molecule has 9 nitrogen and oxygen atoms in total. The van der Waals surface area contributed by atoms with E-state index in [-0.39, 0.29) is 29.2 Å². The van der Waals surface area contributed by atoms with E-state index in [1.54, 1.807) is 6.92 Å². The maximum absolute atomic E-state index is 13.5. The number of nitrogens with one attached hydrogen (secondary N) is 1. The van der Waals surface area contributed by atoms with Gasteiger partial charge in [-0.1, -0.05) is 38.1 Å². The number of imidazole rings is 1. The number of anilines is 2. The third-order valence-electron chi connectivity index (χ3n) is 7.63. The molecule has 216 valence electrons. The zero-order valence-electron chi connectivity index (χ0n) is 24.1. The lowest BCUT2D eigenvalue weighted by Gasteiger charge is -2.38. The fraction of sp³-hybridized carbons (Fsp3) is 0.419. The maximum atomic E-state index is 13.5. The Balaban J connectivity index is 1.34. The van der Waals surface area contributed by atoms with Gasteiger partial charge in [-0.05, 0) is 55.5 Å². The van der Waals surface area contributed by atoms with Crippen LogP contribution >= 0.6 is 0 Å². The molecule has 2 aromatic carbocycles. The van der Waals surface area contributed by atoms with Crippen LogP contribution in [0.1, 0.15) is 51.8 Å². The van der Waals surface area contributed by atoms with Crippen LogP contribution in [0.5, 0.6) is 0 Å². The summed E-state index contributed by atoms with van der Waals surface area (Å²) in [5.41, 5.74) is 2.77. The van der Waals surface area contributed by atoms with E-state index in [0.717, 1.165) is 48.5 Å². The molecule has 1 aliphatic rings. The first-order chi connectivity index (χ1) is 19.7. The van der Waals surface area contributed by atoms with E-state index in [4.69, 9.17) is 15.1 Å². The summed E-state index contributed by atoms with van der Waals surface area (Å²) in [6.07, 6.45) is 3.09. The van der Waals surface area contributed by atoms with Crippen LogP contribution in [0.25, 0.3) is 11.0 Å². The van der Waals surface area contributed by atoms with Crippen LogP contribution in [0.15, 0.2) is 65.6 Å². The Bertz CT molecular complexity index is 1550. The molecule has 4 aromatic rings. The molecule has 2 aromatic heterocycles. The molecule has 1 fully saturated rings. The van der Waals surface area contributed by atoms with Crippen molar-refractivity contribution in [3.63, 3.8) is 0 Å². The number of fused-ring (bicyclic) bond motifs is 1. The van der Waals surface area contributed by atoms with Crippen molar-refractivity contribution in [1.29, 1.82) is 5.41 Å². The second-order valence-electron chi connectivity index (χ2n) is 11.1. The third-order valence-corrected chi connectivity index (χ3v) is 7.63. The molecule has 3 heterocycles. The Hall–Kier alpha value is -4.21. The minimum Gasteiger partial charge on any atom is -0.458 e. The van der Waals surface area contributed by atoms with Crippen LogP contribution in [-0.4, -0.2) is 51.2 Å². The largest absolute Gasteiger partial charge is 0.458 e. The van der Waals surface area contributed by atoms with Crippen molar-refractivity contribution in [2.45, 2.75) is 58.8 Å². The molecule has 5 rings (SSSR count). The first-order valence-corrected chi connectivity index (χ1v) is 14.2. The molecule has 0 spiro atoms. The minimum atomic E-state index is -0.647. The number of hydrogen-bond donors (Lipinski definition) is 1. The second kappa shape index (κ2) is 12.1. The van der Waals surface area contributed by atoms with Gasteiger partial charge in [0.2, 0.25) is 11.9 Å². The van der Waals surface area contributed by atoms with Gasteiger partial charge in [0, 0.05) is 44.9 Å². The van der Waals surface area contributed by atoms with E-state index >= 15 is 0 Å². The van der Waals surface area contributed by atoms with Gasteiger partial charge in [0.05, 0.1) is 17.6 Å². The van der Waals surface area contributed by atoms with Crippen LogP contribution in [-0.2, 0) is 11.3 Å². The molecule has 10 heteroatoms. The summed E-state index contributed by atoms with van der Waals surface area (Å²) in [6.45, 7) is 8.00. The van der Waals surface area contributed by atoms with E-state index in [1.807, 2.05) is 51.2 Å². The van der Waals surface area contributed by atoms with Crippen LogP contribution in [0.2, 0.25) is 0 Å². The molecule has 0 radical (unpaired) electrons. The Morgan fingerprint density at radius 3 is 2.51 bits per heavy atom. The molecule has 1 atom stereocenters. The molecule has 0 amide bonds. The van der Waals surface area contributed by atoms with Crippen molar-refractivity contribution in [3.8, 4) is 0 Å². The summed E-state index contributed by atoms with van der Waals surface area (Å²) in [5.74, 6) is 1.63. The van der Waals surface area contributed by atoms with Crippen molar-refractivity contribution in [2.75, 3.05) is 29.9 Å². The van der Waals surface area contributed by atoms with E-state index in [9.17, 15) is 9.18 Å². The van der Waals surface area contributed by atoms with Crippen molar-refractivity contribution < 1.29 is 9.13 Å². The highest BCUT2D eigenvalue weighted by Gasteiger charge is 2.29. The Labute approximate surface area is 239 Å². The van der Waals surface area contributed by atoms with Crippen LogP contribution in [0.4, 0.5) is 16.3 Å². The number of halogens is 1. The number of hydrogen-bond acceptors (Lipinski definition) is 7. The van der Waals surface area contributed by atoms with Crippen molar-refractivity contribution in [1.82, 2.24) is 19.1 Å². The topological polar surface area (TPSA) is 92.3 Å². The average Bonchev–Trinajstić information content (AvgIpc) is 3.31. The van der Waals surface area contributed by atoms with Crippen molar-refractivity contribution in [2.24, 2.45) is 5.92 Å². The van der Waals surface area contributed by atoms with Crippen molar-refractivity contribution in [3.05, 3.63) is 82.5 Å². The second-order valence-corrected chi connectivity index (χ2v) is 11.1. The van der Waals surface area contributed by atoms with Gasteiger partial charge < -0.3 is 19.1 Å². The number of aromatic nitrogens is 4. The first-order valence-electron chi connectivity index (χ1n) is 14.2. The highest BCUT2D eigenvalue weighted by Crippen LogP contribution is 2.29. The highest BCUT2D eigenvalue weighted by molar-refractivity contribution is 5.79. The third kappa shape index (κ3) is 6.26. The molecule has 0 bridgehead atoms. The van der Waals surface area contributed by atoms with Gasteiger partial charge in [-0.25, -0.2) is 18.9 Å².